The highest BCUT2D eigenvalue weighted by molar-refractivity contribution is 7.12. The number of aryl methyl sites for hydroxylation is 1. The number of benzene rings is 1. The van der Waals surface area contributed by atoms with Gasteiger partial charge in [-0.25, -0.2) is 0 Å². The second-order valence-corrected chi connectivity index (χ2v) is 7.23. The summed E-state index contributed by atoms with van der Waals surface area (Å²) in [5.41, 5.74) is 3.09. The predicted molar refractivity (Wildman–Crippen MR) is 105 cm³/mol. The van der Waals surface area contributed by atoms with Crippen molar-refractivity contribution in [1.29, 1.82) is 0 Å². The Labute approximate surface area is 162 Å². The number of hydrogen-bond donors (Lipinski definition) is 0. The number of rotatable bonds is 7. The Morgan fingerprint density at radius 2 is 1.96 bits per heavy atom. The highest BCUT2D eigenvalue weighted by Gasteiger charge is 2.16. The molecule has 0 aliphatic rings. The highest BCUT2D eigenvalue weighted by atomic mass is 32.1. The van der Waals surface area contributed by atoms with Gasteiger partial charge in [-0.3, -0.25) is 9.48 Å². The summed E-state index contributed by atoms with van der Waals surface area (Å²) in [5, 5.41) is 6.18. The third-order valence-electron chi connectivity index (χ3n) is 4.42. The van der Waals surface area contributed by atoms with Crippen molar-refractivity contribution in [2.45, 2.75) is 20.1 Å². The van der Waals surface area contributed by atoms with Gasteiger partial charge in [0.25, 0.3) is 5.91 Å². The van der Waals surface area contributed by atoms with Crippen molar-refractivity contribution in [2.75, 3.05) is 14.2 Å². The first kappa shape index (κ1) is 19.0. The molecule has 142 valence electrons. The van der Waals surface area contributed by atoms with Crippen LogP contribution in [-0.2, 0) is 20.2 Å². The summed E-state index contributed by atoms with van der Waals surface area (Å²) in [5.74, 6) is 1.55. The number of methoxy groups -OCH3 is 1. The number of aromatic nitrogens is 2. The summed E-state index contributed by atoms with van der Waals surface area (Å²) in [6.45, 7) is 2.95. The predicted octanol–water partition coefficient (Wildman–Crippen LogP) is 3.65. The Balaban J connectivity index is 1.58. The second-order valence-electron chi connectivity index (χ2n) is 6.32. The average molecular weight is 385 g/mol. The summed E-state index contributed by atoms with van der Waals surface area (Å²) in [4.78, 5) is 15.1. The van der Waals surface area contributed by atoms with Crippen LogP contribution in [-0.4, -0.2) is 34.7 Å². The summed E-state index contributed by atoms with van der Waals surface area (Å²) in [7, 11) is 5.34. The lowest BCUT2D eigenvalue weighted by Crippen LogP contribution is -2.25. The Morgan fingerprint density at radius 3 is 2.59 bits per heavy atom. The Morgan fingerprint density at radius 1 is 1.26 bits per heavy atom. The van der Waals surface area contributed by atoms with Gasteiger partial charge in [-0.2, -0.15) is 5.10 Å². The number of ether oxygens (including phenoxy) is 2. The van der Waals surface area contributed by atoms with Gasteiger partial charge in [-0.05, 0) is 42.6 Å². The third kappa shape index (κ3) is 4.49. The van der Waals surface area contributed by atoms with Gasteiger partial charge in [0.2, 0.25) is 0 Å². The first-order chi connectivity index (χ1) is 13.0. The quantitative estimate of drug-likeness (QED) is 0.623. The van der Waals surface area contributed by atoms with Crippen molar-refractivity contribution in [1.82, 2.24) is 14.7 Å². The van der Waals surface area contributed by atoms with Crippen LogP contribution in [0.2, 0.25) is 0 Å². The van der Waals surface area contributed by atoms with Crippen molar-refractivity contribution in [3.63, 3.8) is 0 Å². The van der Waals surface area contributed by atoms with E-state index in [4.69, 9.17) is 9.47 Å². The van der Waals surface area contributed by atoms with Crippen LogP contribution in [0.25, 0.3) is 0 Å². The highest BCUT2D eigenvalue weighted by Crippen LogP contribution is 2.21. The number of amides is 1. The number of nitrogens with zero attached hydrogens (tertiary/aromatic N) is 3. The maximum Gasteiger partial charge on any atom is 0.263 e. The van der Waals surface area contributed by atoms with Gasteiger partial charge >= 0.3 is 0 Å². The van der Waals surface area contributed by atoms with Crippen LogP contribution in [0, 0.1) is 6.92 Å². The van der Waals surface area contributed by atoms with Gasteiger partial charge in [0.05, 0.1) is 18.2 Å². The van der Waals surface area contributed by atoms with Crippen molar-refractivity contribution in [2.24, 2.45) is 7.05 Å². The van der Waals surface area contributed by atoms with Gasteiger partial charge in [0.15, 0.2) is 0 Å². The molecule has 3 aromatic rings. The lowest BCUT2D eigenvalue weighted by Gasteiger charge is -2.15. The van der Waals surface area contributed by atoms with Crippen LogP contribution in [0.15, 0.2) is 41.9 Å². The van der Waals surface area contributed by atoms with E-state index in [1.54, 1.807) is 12.0 Å². The molecule has 0 radical (unpaired) electrons. The van der Waals surface area contributed by atoms with Crippen molar-refractivity contribution >= 4 is 17.2 Å². The average Bonchev–Trinajstić information content (AvgIpc) is 3.28. The number of carbonyl (C=O) groups excluding carboxylic acids is 1. The molecular formula is C20H23N3O3S. The maximum absolute atomic E-state index is 12.7. The zero-order valence-electron chi connectivity index (χ0n) is 15.9. The largest absolute Gasteiger partial charge is 0.497 e. The van der Waals surface area contributed by atoms with E-state index >= 15 is 0 Å². The standard InChI is InChI=1S/C20H23N3O3S/c1-14-16(10-21-23(14)3)11-22(2)20(24)19-9-15(13-27-19)12-26-18-7-5-17(25-4)6-8-18/h5-10,13H,11-12H2,1-4H3. The molecular weight excluding hydrogens is 362 g/mol. The van der Waals surface area contributed by atoms with Gasteiger partial charge in [-0.15, -0.1) is 11.3 Å². The van der Waals surface area contributed by atoms with E-state index in [0.29, 0.717) is 18.0 Å². The van der Waals surface area contributed by atoms with Crippen LogP contribution in [0.4, 0.5) is 0 Å². The molecule has 2 aromatic heterocycles. The molecule has 1 amide bonds. The fourth-order valence-electron chi connectivity index (χ4n) is 2.62. The van der Waals surface area contributed by atoms with Crippen LogP contribution < -0.4 is 9.47 Å². The minimum absolute atomic E-state index is 0.000972. The van der Waals surface area contributed by atoms with E-state index in [0.717, 1.165) is 28.3 Å². The van der Waals surface area contributed by atoms with E-state index in [9.17, 15) is 4.79 Å². The zero-order valence-corrected chi connectivity index (χ0v) is 16.7. The molecule has 6 nitrogen and oxygen atoms in total. The minimum Gasteiger partial charge on any atom is -0.497 e. The van der Waals surface area contributed by atoms with Gasteiger partial charge in [0.1, 0.15) is 18.1 Å². The summed E-state index contributed by atoms with van der Waals surface area (Å²) in [6, 6.07) is 9.33. The van der Waals surface area contributed by atoms with Crippen LogP contribution in [0.1, 0.15) is 26.5 Å². The molecule has 3 rings (SSSR count). The molecule has 0 aliphatic heterocycles. The van der Waals surface area contributed by atoms with Gasteiger partial charge in [-0.1, -0.05) is 0 Å². The minimum atomic E-state index is -0.000972. The summed E-state index contributed by atoms with van der Waals surface area (Å²) in [6.07, 6.45) is 1.81. The molecule has 1 aromatic carbocycles. The first-order valence-corrected chi connectivity index (χ1v) is 9.43. The van der Waals surface area contributed by atoms with Crippen LogP contribution >= 0.6 is 11.3 Å². The maximum atomic E-state index is 12.7. The normalized spacial score (nSPS) is 10.7. The van der Waals surface area contributed by atoms with E-state index in [-0.39, 0.29) is 5.91 Å². The lowest BCUT2D eigenvalue weighted by atomic mass is 10.2. The lowest BCUT2D eigenvalue weighted by molar-refractivity contribution is 0.0789. The van der Waals surface area contributed by atoms with E-state index in [2.05, 4.69) is 5.10 Å². The SMILES string of the molecule is COc1ccc(OCc2csc(C(=O)N(C)Cc3cnn(C)c3C)c2)cc1. The fourth-order valence-corrected chi connectivity index (χ4v) is 3.51. The first-order valence-electron chi connectivity index (χ1n) is 8.55. The number of carbonyl (C=O) groups is 1. The molecule has 0 N–H and O–H groups in total. The molecule has 2 heterocycles. The molecule has 0 bridgehead atoms. The molecule has 0 atom stereocenters. The third-order valence-corrected chi connectivity index (χ3v) is 5.39. The Kier molecular flexibility index (Phi) is 5.81. The molecule has 0 saturated carbocycles. The van der Waals surface area contributed by atoms with Gasteiger partial charge in [0, 0.05) is 37.5 Å². The monoisotopic (exact) mass is 385 g/mol. The summed E-state index contributed by atoms with van der Waals surface area (Å²) < 4.78 is 12.7. The number of thiophene rings is 1. The van der Waals surface area contributed by atoms with Crippen molar-refractivity contribution in [3.05, 3.63) is 63.6 Å². The molecule has 27 heavy (non-hydrogen) atoms. The van der Waals surface area contributed by atoms with Crippen LogP contribution in [0.5, 0.6) is 11.5 Å². The summed E-state index contributed by atoms with van der Waals surface area (Å²) >= 11 is 1.44. The molecule has 0 spiro atoms. The van der Waals surface area contributed by atoms with Crippen LogP contribution in [0.3, 0.4) is 0 Å². The smallest absolute Gasteiger partial charge is 0.263 e. The van der Waals surface area contributed by atoms with E-state index in [1.165, 1.54) is 11.3 Å². The van der Waals surface area contributed by atoms with E-state index < -0.39 is 0 Å². The van der Waals surface area contributed by atoms with E-state index in [1.807, 2.05) is 67.6 Å². The fraction of sp³-hybridized carbons (Fsp3) is 0.300. The zero-order chi connectivity index (χ0) is 19.4. The molecule has 0 aliphatic carbocycles. The van der Waals surface area contributed by atoms with Gasteiger partial charge < -0.3 is 14.4 Å². The van der Waals surface area contributed by atoms with Crippen molar-refractivity contribution < 1.29 is 14.3 Å². The molecule has 7 heteroatoms. The molecule has 0 saturated heterocycles. The Hall–Kier alpha value is -2.80. The molecule has 0 unspecified atom stereocenters. The Bertz CT molecular complexity index is 915. The second kappa shape index (κ2) is 8.26. The van der Waals surface area contributed by atoms with Crippen molar-refractivity contribution in [3.8, 4) is 11.5 Å². The molecule has 0 fully saturated rings. The number of hydrogen-bond acceptors (Lipinski definition) is 5. The topological polar surface area (TPSA) is 56.6 Å².